The van der Waals surface area contributed by atoms with Crippen LogP contribution in [0.3, 0.4) is 0 Å². The highest BCUT2D eigenvalue weighted by Gasteiger charge is 2.29. The third kappa shape index (κ3) is 3.76. The Morgan fingerprint density at radius 2 is 1.91 bits per heavy atom. The van der Waals surface area contributed by atoms with Crippen LogP contribution in [0, 0.1) is 17.2 Å². The molecule has 0 unspecified atom stereocenters. The number of nitriles is 1. The van der Waals surface area contributed by atoms with Gasteiger partial charge in [0.2, 0.25) is 0 Å². The fourth-order valence-electron chi connectivity index (χ4n) is 2.47. The maximum Gasteiger partial charge on any atom is 0.306 e. The minimum Gasteiger partial charge on any atom is -0.481 e. The molecule has 6 heteroatoms. The summed E-state index contributed by atoms with van der Waals surface area (Å²) in [5.74, 6) is -0.777. The van der Waals surface area contributed by atoms with Crippen LogP contribution in [-0.2, 0) is 9.59 Å². The molecule has 6 nitrogen and oxygen atoms in total. The van der Waals surface area contributed by atoms with Crippen molar-refractivity contribution in [2.24, 2.45) is 5.92 Å². The van der Waals surface area contributed by atoms with Gasteiger partial charge in [0.15, 0.2) is 6.10 Å². The molecule has 1 aliphatic rings. The Hall–Kier alpha value is -2.55. The van der Waals surface area contributed by atoms with Gasteiger partial charge in [0.1, 0.15) is 5.75 Å². The van der Waals surface area contributed by atoms with Gasteiger partial charge in [0, 0.05) is 13.1 Å². The Balaban J connectivity index is 1.89. The molecule has 1 saturated heterocycles. The van der Waals surface area contributed by atoms with Gasteiger partial charge in [0.05, 0.1) is 17.6 Å². The second kappa shape index (κ2) is 6.94. The summed E-state index contributed by atoms with van der Waals surface area (Å²) in [6.45, 7) is 2.55. The van der Waals surface area contributed by atoms with Crippen molar-refractivity contribution >= 4 is 11.9 Å². The normalized spacial score (nSPS) is 16.6. The summed E-state index contributed by atoms with van der Waals surface area (Å²) < 4.78 is 5.59. The van der Waals surface area contributed by atoms with Gasteiger partial charge in [-0.15, -0.1) is 0 Å². The van der Waals surface area contributed by atoms with E-state index in [4.69, 9.17) is 15.1 Å². The molecule has 1 atom stereocenters. The van der Waals surface area contributed by atoms with E-state index in [1.165, 1.54) is 0 Å². The second-order valence-corrected chi connectivity index (χ2v) is 5.33. The highest BCUT2D eigenvalue weighted by molar-refractivity contribution is 5.81. The molecule has 1 fully saturated rings. The van der Waals surface area contributed by atoms with Crippen LogP contribution in [0.4, 0.5) is 0 Å². The molecule has 1 aromatic carbocycles. The van der Waals surface area contributed by atoms with Gasteiger partial charge >= 0.3 is 5.97 Å². The van der Waals surface area contributed by atoms with Crippen molar-refractivity contribution < 1.29 is 19.4 Å². The molecule has 116 valence electrons. The zero-order valence-electron chi connectivity index (χ0n) is 12.4. The average molecular weight is 302 g/mol. The molecule has 1 N–H and O–H groups in total. The molecule has 22 heavy (non-hydrogen) atoms. The summed E-state index contributed by atoms with van der Waals surface area (Å²) >= 11 is 0. The van der Waals surface area contributed by atoms with Gasteiger partial charge < -0.3 is 14.7 Å². The molecule has 1 aromatic rings. The monoisotopic (exact) mass is 302 g/mol. The summed E-state index contributed by atoms with van der Waals surface area (Å²) in [4.78, 5) is 24.9. The summed E-state index contributed by atoms with van der Waals surface area (Å²) in [6, 6.07) is 8.58. The number of benzene rings is 1. The number of carbonyl (C=O) groups excluding carboxylic acids is 1. The lowest BCUT2D eigenvalue weighted by Crippen LogP contribution is -2.45. The molecule has 0 saturated carbocycles. The van der Waals surface area contributed by atoms with Crippen LogP contribution in [0.25, 0.3) is 0 Å². The summed E-state index contributed by atoms with van der Waals surface area (Å²) in [5.41, 5.74) is 0.530. The summed E-state index contributed by atoms with van der Waals surface area (Å²) in [5, 5.41) is 17.7. The maximum absolute atomic E-state index is 12.3. The fraction of sp³-hybridized carbons (Fsp3) is 0.438. The predicted molar refractivity (Wildman–Crippen MR) is 78.2 cm³/mol. The maximum atomic E-state index is 12.3. The van der Waals surface area contributed by atoms with Gasteiger partial charge in [-0.1, -0.05) is 0 Å². The van der Waals surface area contributed by atoms with E-state index in [1.807, 2.05) is 6.07 Å². The Morgan fingerprint density at radius 3 is 2.41 bits per heavy atom. The Kier molecular flexibility index (Phi) is 4.99. The lowest BCUT2D eigenvalue weighted by Gasteiger charge is -2.32. The predicted octanol–water partition coefficient (Wildman–Crippen LogP) is 1.65. The Bertz CT molecular complexity index is 583. The highest BCUT2D eigenvalue weighted by atomic mass is 16.5. The Morgan fingerprint density at radius 1 is 1.32 bits per heavy atom. The first-order valence-corrected chi connectivity index (χ1v) is 7.19. The quantitative estimate of drug-likeness (QED) is 0.913. The zero-order chi connectivity index (χ0) is 16.1. The highest BCUT2D eigenvalue weighted by Crippen LogP contribution is 2.19. The molecular formula is C16H18N2O4. The molecule has 0 spiro atoms. The Labute approximate surface area is 128 Å². The van der Waals surface area contributed by atoms with Crippen LogP contribution in [0.15, 0.2) is 24.3 Å². The SMILES string of the molecule is C[C@@H](Oc1ccc(C#N)cc1)C(=O)N1CCC(C(=O)O)CC1. The van der Waals surface area contributed by atoms with Crippen LogP contribution in [0.1, 0.15) is 25.3 Å². The van der Waals surface area contributed by atoms with Gasteiger partial charge in [-0.25, -0.2) is 0 Å². The molecule has 0 radical (unpaired) electrons. The van der Waals surface area contributed by atoms with Crippen LogP contribution >= 0.6 is 0 Å². The average Bonchev–Trinajstić information content (AvgIpc) is 2.55. The zero-order valence-corrected chi connectivity index (χ0v) is 12.4. The minimum absolute atomic E-state index is 0.145. The second-order valence-electron chi connectivity index (χ2n) is 5.33. The van der Waals surface area contributed by atoms with E-state index < -0.39 is 12.1 Å². The van der Waals surface area contributed by atoms with Crippen LogP contribution in [-0.4, -0.2) is 41.1 Å². The van der Waals surface area contributed by atoms with E-state index in [9.17, 15) is 9.59 Å². The first kappa shape index (κ1) is 15.8. The number of carbonyl (C=O) groups is 2. The van der Waals surface area contributed by atoms with E-state index in [0.29, 0.717) is 37.2 Å². The fourth-order valence-corrected chi connectivity index (χ4v) is 2.47. The number of nitrogens with zero attached hydrogens (tertiary/aromatic N) is 2. The lowest BCUT2D eigenvalue weighted by molar-refractivity contribution is -0.147. The number of hydrogen-bond donors (Lipinski definition) is 1. The number of piperidine rings is 1. The van der Waals surface area contributed by atoms with E-state index in [1.54, 1.807) is 36.1 Å². The minimum atomic E-state index is -0.797. The van der Waals surface area contributed by atoms with E-state index in [2.05, 4.69) is 0 Å². The van der Waals surface area contributed by atoms with Gasteiger partial charge in [-0.3, -0.25) is 9.59 Å². The van der Waals surface area contributed by atoms with Gasteiger partial charge in [-0.2, -0.15) is 5.26 Å². The largest absolute Gasteiger partial charge is 0.481 e. The first-order chi connectivity index (χ1) is 10.5. The standard InChI is InChI=1S/C16H18N2O4/c1-11(22-14-4-2-12(10-17)3-5-14)15(19)18-8-6-13(7-9-18)16(20)21/h2-5,11,13H,6-9H2,1H3,(H,20,21)/t11-/m1/s1. The van der Waals surface area contributed by atoms with Crippen molar-refractivity contribution in [2.75, 3.05) is 13.1 Å². The molecule has 0 aromatic heterocycles. The van der Waals surface area contributed by atoms with Gasteiger partial charge in [0.25, 0.3) is 5.91 Å². The van der Waals surface area contributed by atoms with Crippen molar-refractivity contribution in [3.05, 3.63) is 29.8 Å². The number of likely N-dealkylation sites (tertiary alicyclic amines) is 1. The smallest absolute Gasteiger partial charge is 0.306 e. The van der Waals surface area contributed by atoms with Crippen LogP contribution in [0.2, 0.25) is 0 Å². The lowest BCUT2D eigenvalue weighted by atomic mass is 9.97. The third-order valence-corrected chi connectivity index (χ3v) is 3.80. The van der Waals surface area contributed by atoms with Crippen molar-refractivity contribution in [3.8, 4) is 11.8 Å². The molecule has 0 bridgehead atoms. The van der Waals surface area contributed by atoms with E-state index in [-0.39, 0.29) is 11.8 Å². The summed E-state index contributed by atoms with van der Waals surface area (Å²) in [7, 11) is 0. The molecule has 2 rings (SSSR count). The van der Waals surface area contributed by atoms with Crippen molar-refractivity contribution in [2.45, 2.75) is 25.9 Å². The number of rotatable bonds is 4. The number of hydrogen-bond acceptors (Lipinski definition) is 4. The van der Waals surface area contributed by atoms with E-state index >= 15 is 0 Å². The van der Waals surface area contributed by atoms with Crippen LogP contribution in [0.5, 0.6) is 5.75 Å². The number of ether oxygens (including phenoxy) is 1. The molecular weight excluding hydrogens is 284 g/mol. The molecule has 0 aliphatic carbocycles. The number of carboxylic acids is 1. The molecule has 1 amide bonds. The number of aliphatic carboxylic acids is 1. The first-order valence-electron chi connectivity index (χ1n) is 7.19. The van der Waals surface area contributed by atoms with Crippen LogP contribution < -0.4 is 4.74 Å². The number of carboxylic acid groups (broad SMARTS) is 1. The topological polar surface area (TPSA) is 90.6 Å². The van der Waals surface area contributed by atoms with Crippen molar-refractivity contribution in [3.63, 3.8) is 0 Å². The van der Waals surface area contributed by atoms with E-state index in [0.717, 1.165) is 0 Å². The van der Waals surface area contributed by atoms with Crippen molar-refractivity contribution in [1.82, 2.24) is 4.90 Å². The number of amides is 1. The summed E-state index contributed by atoms with van der Waals surface area (Å²) in [6.07, 6.45) is 0.310. The molecule has 1 aliphatic heterocycles. The molecule has 1 heterocycles. The third-order valence-electron chi connectivity index (χ3n) is 3.80. The van der Waals surface area contributed by atoms with Crippen molar-refractivity contribution in [1.29, 1.82) is 5.26 Å². The van der Waals surface area contributed by atoms with Gasteiger partial charge in [-0.05, 0) is 44.0 Å².